The Balaban J connectivity index is 1.67. The Morgan fingerprint density at radius 1 is 1.16 bits per heavy atom. The second-order valence-electron chi connectivity index (χ2n) is 7.33. The van der Waals surface area contributed by atoms with Crippen LogP contribution in [0.1, 0.15) is 56.4 Å². The molecule has 1 saturated heterocycles. The van der Waals surface area contributed by atoms with E-state index in [1.165, 1.54) is 6.42 Å². The van der Waals surface area contributed by atoms with Gasteiger partial charge in [0, 0.05) is 32.1 Å². The molecule has 0 bridgehead atoms. The summed E-state index contributed by atoms with van der Waals surface area (Å²) in [5.41, 5.74) is 0.364. The average molecular weight is 348 g/mol. The summed E-state index contributed by atoms with van der Waals surface area (Å²) in [6, 6.07) is 1.67. The lowest BCUT2D eigenvalue weighted by Crippen LogP contribution is -2.48. The van der Waals surface area contributed by atoms with Crippen LogP contribution in [0.3, 0.4) is 0 Å². The number of anilines is 1. The van der Waals surface area contributed by atoms with Crippen molar-refractivity contribution < 1.29 is 14.3 Å². The van der Waals surface area contributed by atoms with Gasteiger partial charge >= 0.3 is 0 Å². The fourth-order valence-corrected chi connectivity index (χ4v) is 3.79. The summed E-state index contributed by atoms with van der Waals surface area (Å²) >= 11 is 0. The zero-order valence-corrected chi connectivity index (χ0v) is 15.3. The van der Waals surface area contributed by atoms with E-state index in [1.807, 2.05) is 13.8 Å². The molecule has 2 fully saturated rings. The van der Waals surface area contributed by atoms with Gasteiger partial charge in [-0.3, -0.25) is 14.3 Å². The molecule has 2 aliphatic rings. The van der Waals surface area contributed by atoms with Crippen LogP contribution in [0.2, 0.25) is 0 Å². The molecular formula is C18H28N4O3. The third kappa shape index (κ3) is 4.21. The molecule has 1 aliphatic heterocycles. The minimum absolute atomic E-state index is 0.0156. The summed E-state index contributed by atoms with van der Waals surface area (Å²) in [5, 5.41) is 7.25. The Bertz CT molecular complexity index is 626. The highest BCUT2D eigenvalue weighted by Gasteiger charge is 2.29. The number of carbonyl (C=O) groups is 2. The lowest BCUT2D eigenvalue weighted by molar-refractivity contribution is -0.120. The third-order valence-electron chi connectivity index (χ3n) is 5.03. The van der Waals surface area contributed by atoms with Crippen molar-refractivity contribution in [3.05, 3.63) is 11.8 Å². The Morgan fingerprint density at radius 2 is 1.80 bits per heavy atom. The number of rotatable bonds is 3. The van der Waals surface area contributed by atoms with E-state index >= 15 is 0 Å². The van der Waals surface area contributed by atoms with Gasteiger partial charge < -0.3 is 15.0 Å². The monoisotopic (exact) mass is 348 g/mol. The van der Waals surface area contributed by atoms with Crippen LogP contribution in [0.4, 0.5) is 5.82 Å². The number of nitrogens with zero attached hydrogens (tertiary/aromatic N) is 3. The first-order valence-electron chi connectivity index (χ1n) is 9.23. The molecule has 1 aliphatic carbocycles. The van der Waals surface area contributed by atoms with Crippen molar-refractivity contribution in [2.75, 3.05) is 18.4 Å². The zero-order chi connectivity index (χ0) is 18.0. The standard InChI is InChI=1S/C18H28N4O3/c1-12-10-22(11-13(2)25-12)18(24)15-9-16(21(3)20-15)19-17(23)14-7-5-4-6-8-14/h9,12-14H,4-8,10-11H2,1-3H3,(H,19,23). The second-order valence-corrected chi connectivity index (χ2v) is 7.33. The van der Waals surface area contributed by atoms with Gasteiger partial charge in [0.25, 0.3) is 5.91 Å². The van der Waals surface area contributed by atoms with Gasteiger partial charge in [-0.25, -0.2) is 0 Å². The van der Waals surface area contributed by atoms with Gasteiger partial charge in [0.2, 0.25) is 5.91 Å². The first-order valence-corrected chi connectivity index (χ1v) is 9.23. The van der Waals surface area contributed by atoms with Crippen LogP contribution in [0.25, 0.3) is 0 Å². The number of amides is 2. The van der Waals surface area contributed by atoms with E-state index in [-0.39, 0.29) is 29.9 Å². The molecule has 2 atom stereocenters. The van der Waals surface area contributed by atoms with E-state index in [2.05, 4.69) is 10.4 Å². The van der Waals surface area contributed by atoms with E-state index in [4.69, 9.17) is 4.74 Å². The molecule has 1 N–H and O–H groups in total. The average Bonchev–Trinajstić information content (AvgIpc) is 2.94. The fourth-order valence-electron chi connectivity index (χ4n) is 3.79. The molecule has 7 nitrogen and oxygen atoms in total. The second kappa shape index (κ2) is 7.56. The third-order valence-corrected chi connectivity index (χ3v) is 5.03. The number of morpholine rings is 1. The molecule has 0 radical (unpaired) electrons. The summed E-state index contributed by atoms with van der Waals surface area (Å²) in [6.07, 6.45) is 5.35. The van der Waals surface area contributed by atoms with E-state index in [9.17, 15) is 9.59 Å². The van der Waals surface area contributed by atoms with Crippen LogP contribution in [0.15, 0.2) is 6.07 Å². The van der Waals surface area contributed by atoms with Crippen LogP contribution >= 0.6 is 0 Å². The van der Waals surface area contributed by atoms with Gasteiger partial charge in [-0.1, -0.05) is 19.3 Å². The maximum Gasteiger partial charge on any atom is 0.274 e. The molecule has 138 valence electrons. The molecular weight excluding hydrogens is 320 g/mol. The molecule has 2 unspecified atom stereocenters. The smallest absolute Gasteiger partial charge is 0.274 e. The Labute approximate surface area is 148 Å². The lowest BCUT2D eigenvalue weighted by atomic mass is 9.89. The fraction of sp³-hybridized carbons (Fsp3) is 0.722. The van der Waals surface area contributed by atoms with E-state index in [1.54, 1.807) is 22.7 Å². The van der Waals surface area contributed by atoms with Crippen LogP contribution in [0, 0.1) is 5.92 Å². The van der Waals surface area contributed by atoms with Crippen molar-refractivity contribution >= 4 is 17.6 Å². The van der Waals surface area contributed by atoms with Crippen molar-refractivity contribution in [3.63, 3.8) is 0 Å². The molecule has 1 aromatic heterocycles. The molecule has 3 rings (SSSR count). The van der Waals surface area contributed by atoms with Gasteiger partial charge in [0.1, 0.15) is 5.82 Å². The number of ether oxygens (including phenoxy) is 1. The lowest BCUT2D eigenvalue weighted by Gasteiger charge is -2.34. The number of aryl methyl sites for hydroxylation is 1. The molecule has 0 aromatic carbocycles. The van der Waals surface area contributed by atoms with Crippen molar-refractivity contribution in [2.45, 2.75) is 58.2 Å². The van der Waals surface area contributed by atoms with Crippen LogP contribution < -0.4 is 5.32 Å². The van der Waals surface area contributed by atoms with Crippen LogP contribution in [-0.4, -0.2) is 51.8 Å². The molecule has 0 spiro atoms. The van der Waals surface area contributed by atoms with Crippen molar-refractivity contribution in [1.29, 1.82) is 0 Å². The first-order chi connectivity index (χ1) is 11.9. The van der Waals surface area contributed by atoms with Crippen molar-refractivity contribution in [1.82, 2.24) is 14.7 Å². The molecule has 25 heavy (non-hydrogen) atoms. The van der Waals surface area contributed by atoms with Gasteiger partial charge in [-0.2, -0.15) is 5.10 Å². The first kappa shape index (κ1) is 17.9. The van der Waals surface area contributed by atoms with Gasteiger partial charge in [-0.15, -0.1) is 0 Å². The Morgan fingerprint density at radius 3 is 2.44 bits per heavy atom. The van der Waals surface area contributed by atoms with E-state index in [0.29, 0.717) is 24.6 Å². The maximum atomic E-state index is 12.7. The maximum absolute atomic E-state index is 12.7. The van der Waals surface area contributed by atoms with E-state index in [0.717, 1.165) is 25.7 Å². The molecule has 7 heteroatoms. The summed E-state index contributed by atoms with van der Waals surface area (Å²) < 4.78 is 7.25. The topological polar surface area (TPSA) is 76.5 Å². The summed E-state index contributed by atoms with van der Waals surface area (Å²) in [6.45, 7) is 5.04. The number of hydrogen-bond acceptors (Lipinski definition) is 4. The highest BCUT2D eigenvalue weighted by atomic mass is 16.5. The highest BCUT2D eigenvalue weighted by molar-refractivity contribution is 5.96. The van der Waals surface area contributed by atoms with Gasteiger partial charge in [0.15, 0.2) is 5.69 Å². The minimum Gasteiger partial charge on any atom is -0.372 e. The quantitative estimate of drug-likeness (QED) is 0.908. The van der Waals surface area contributed by atoms with Crippen LogP contribution in [-0.2, 0) is 16.6 Å². The number of hydrogen-bond donors (Lipinski definition) is 1. The summed E-state index contributed by atoms with van der Waals surface area (Å²) in [4.78, 5) is 26.9. The molecule has 1 aromatic rings. The largest absolute Gasteiger partial charge is 0.372 e. The Hall–Kier alpha value is -1.89. The predicted molar refractivity (Wildman–Crippen MR) is 94.3 cm³/mol. The zero-order valence-electron chi connectivity index (χ0n) is 15.3. The number of aromatic nitrogens is 2. The molecule has 2 heterocycles. The van der Waals surface area contributed by atoms with Gasteiger partial charge in [-0.05, 0) is 26.7 Å². The van der Waals surface area contributed by atoms with E-state index < -0.39 is 0 Å². The number of carbonyl (C=O) groups excluding carboxylic acids is 2. The van der Waals surface area contributed by atoms with Gasteiger partial charge in [0.05, 0.1) is 12.2 Å². The molecule has 1 saturated carbocycles. The SMILES string of the molecule is CC1CN(C(=O)c2cc(NC(=O)C3CCCCC3)n(C)n2)CC(C)O1. The molecule has 2 amide bonds. The Kier molecular flexibility index (Phi) is 5.42. The van der Waals surface area contributed by atoms with Crippen molar-refractivity contribution in [3.8, 4) is 0 Å². The highest BCUT2D eigenvalue weighted by Crippen LogP contribution is 2.25. The van der Waals surface area contributed by atoms with Crippen LogP contribution in [0.5, 0.6) is 0 Å². The number of nitrogens with one attached hydrogen (secondary N) is 1. The predicted octanol–water partition coefficient (Wildman–Crippen LogP) is 2.19. The summed E-state index contributed by atoms with van der Waals surface area (Å²) in [7, 11) is 1.75. The summed E-state index contributed by atoms with van der Waals surface area (Å²) in [5.74, 6) is 0.572. The normalized spacial score (nSPS) is 25.0. The van der Waals surface area contributed by atoms with Crippen molar-refractivity contribution in [2.24, 2.45) is 13.0 Å². The minimum atomic E-state index is -0.115.